The summed E-state index contributed by atoms with van der Waals surface area (Å²) in [7, 11) is 3.31. The zero-order valence-electron chi connectivity index (χ0n) is 26.6. The lowest BCUT2D eigenvalue weighted by Gasteiger charge is -2.30. The molecule has 42 heavy (non-hydrogen) atoms. The first-order valence-electron chi connectivity index (χ1n) is 15.8. The van der Waals surface area contributed by atoms with Crippen molar-refractivity contribution in [2.24, 2.45) is 35.3 Å². The number of ether oxygens (including phenoxy) is 3. The van der Waals surface area contributed by atoms with E-state index < -0.39 is 12.1 Å². The van der Waals surface area contributed by atoms with Crippen molar-refractivity contribution in [2.75, 3.05) is 34.0 Å². The molecule has 2 amide bonds. The minimum absolute atomic E-state index is 0.0468. The van der Waals surface area contributed by atoms with Crippen molar-refractivity contribution in [3.05, 3.63) is 23.8 Å². The van der Waals surface area contributed by atoms with Gasteiger partial charge in [-0.3, -0.25) is 9.59 Å². The average molecular weight is 590 g/mol. The first kappa shape index (κ1) is 34.1. The molecule has 0 aromatic heterocycles. The molecule has 9 heteroatoms. The molecule has 0 saturated heterocycles. The van der Waals surface area contributed by atoms with Crippen LogP contribution in [0.5, 0.6) is 11.5 Å². The number of aliphatic hydroxyl groups excluding tert-OH is 1. The Morgan fingerprint density at radius 1 is 1.05 bits per heavy atom. The van der Waals surface area contributed by atoms with Crippen molar-refractivity contribution >= 4 is 11.8 Å². The Bertz CT molecular complexity index is 1010. The minimum Gasteiger partial charge on any atom is -0.493 e. The summed E-state index contributed by atoms with van der Waals surface area (Å²) < 4.78 is 16.6. The van der Waals surface area contributed by atoms with Crippen LogP contribution in [0.4, 0.5) is 0 Å². The Hall–Kier alpha value is -2.36. The molecule has 5 N–H and O–H groups in total. The quantitative estimate of drug-likeness (QED) is 0.170. The number of carbonyl (C=O) groups excluding carboxylic acids is 2. The van der Waals surface area contributed by atoms with Crippen molar-refractivity contribution in [1.82, 2.24) is 10.6 Å². The largest absolute Gasteiger partial charge is 0.493 e. The van der Waals surface area contributed by atoms with Gasteiger partial charge in [0.25, 0.3) is 0 Å². The Morgan fingerprint density at radius 3 is 2.33 bits per heavy atom. The maximum atomic E-state index is 13.2. The van der Waals surface area contributed by atoms with Crippen LogP contribution in [0.3, 0.4) is 0 Å². The summed E-state index contributed by atoms with van der Waals surface area (Å²) in [5.41, 5.74) is 7.41. The van der Waals surface area contributed by atoms with E-state index >= 15 is 0 Å². The van der Waals surface area contributed by atoms with Gasteiger partial charge in [0.05, 0.1) is 25.4 Å². The van der Waals surface area contributed by atoms with Crippen LogP contribution in [0.1, 0.15) is 78.2 Å². The Labute approximate surface area is 252 Å². The first-order valence-corrected chi connectivity index (χ1v) is 15.8. The second-order valence-corrected chi connectivity index (χ2v) is 13.2. The fourth-order valence-electron chi connectivity index (χ4n) is 5.46. The third-order valence-corrected chi connectivity index (χ3v) is 8.92. The summed E-state index contributed by atoms with van der Waals surface area (Å²) in [4.78, 5) is 25.5. The highest BCUT2D eigenvalue weighted by Gasteiger charge is 2.46. The summed E-state index contributed by atoms with van der Waals surface area (Å²) in [5.74, 6) is 1.86. The van der Waals surface area contributed by atoms with Gasteiger partial charge in [-0.25, -0.2) is 0 Å². The Kier molecular flexibility index (Phi) is 12.9. The van der Waals surface area contributed by atoms with E-state index in [9.17, 15) is 14.7 Å². The topological polar surface area (TPSA) is 132 Å². The number of nitrogens with two attached hydrogens (primary N) is 1. The van der Waals surface area contributed by atoms with Gasteiger partial charge < -0.3 is 35.7 Å². The molecule has 1 aromatic carbocycles. The molecule has 0 spiro atoms. The summed E-state index contributed by atoms with van der Waals surface area (Å²) >= 11 is 0. The number of nitrogens with one attached hydrogen (secondary N) is 2. The lowest BCUT2D eigenvalue weighted by molar-refractivity contribution is -0.128. The summed E-state index contributed by atoms with van der Waals surface area (Å²) in [5, 5.41) is 17.4. The molecule has 0 bridgehead atoms. The molecule has 2 saturated carbocycles. The van der Waals surface area contributed by atoms with Crippen LogP contribution in [0.2, 0.25) is 0 Å². The second-order valence-electron chi connectivity index (χ2n) is 13.2. The maximum Gasteiger partial charge on any atom is 0.223 e. The van der Waals surface area contributed by atoms with E-state index in [4.69, 9.17) is 19.9 Å². The molecule has 9 nitrogen and oxygen atoms in total. The second kappa shape index (κ2) is 15.9. The smallest absolute Gasteiger partial charge is 0.223 e. The van der Waals surface area contributed by atoms with Crippen LogP contribution in [0.15, 0.2) is 18.2 Å². The van der Waals surface area contributed by atoms with Gasteiger partial charge in [-0.2, -0.15) is 0 Å². The number of amides is 2. The molecule has 3 rings (SSSR count). The number of hydrogen-bond donors (Lipinski definition) is 4. The Balaban J connectivity index is 1.55. The predicted octanol–water partition coefficient (Wildman–Crippen LogP) is 3.84. The molecule has 2 fully saturated rings. The zero-order valence-corrected chi connectivity index (χ0v) is 26.6. The number of benzene rings is 1. The average Bonchev–Trinajstić information content (AvgIpc) is 3.88. The van der Waals surface area contributed by atoms with Crippen LogP contribution in [-0.2, 0) is 20.7 Å². The van der Waals surface area contributed by atoms with Crippen molar-refractivity contribution in [3.8, 4) is 11.5 Å². The van der Waals surface area contributed by atoms with Crippen LogP contribution in [-0.4, -0.2) is 68.6 Å². The van der Waals surface area contributed by atoms with Gasteiger partial charge in [0, 0.05) is 44.6 Å². The molecule has 2 aliphatic rings. The number of aliphatic hydroxyl groups is 1. The molecule has 238 valence electrons. The van der Waals surface area contributed by atoms with E-state index in [0.29, 0.717) is 50.0 Å². The maximum absolute atomic E-state index is 13.2. The highest BCUT2D eigenvalue weighted by atomic mass is 16.5. The Morgan fingerprint density at radius 2 is 1.76 bits per heavy atom. The van der Waals surface area contributed by atoms with E-state index in [1.165, 1.54) is 0 Å². The van der Waals surface area contributed by atoms with E-state index in [1.807, 2.05) is 26.0 Å². The van der Waals surface area contributed by atoms with Crippen LogP contribution in [0.25, 0.3) is 0 Å². The molecule has 0 aliphatic heterocycles. The molecular weight excluding hydrogens is 534 g/mol. The third-order valence-electron chi connectivity index (χ3n) is 8.92. The molecule has 1 aromatic rings. The standard InChI is InChI=1S/C33H55N3O6/c1-21(2)25(16-23-8-11-29(41-6)30(17-23)42-15-7-14-40-5)18-27(34)28(37)19-26(22(3)4)32(39)35-20-33(12-13-33)36-31(38)24-9-10-24/h8,11,17,21-22,24-28,37H,7,9-10,12-16,18-20,34H2,1-6H3,(H,35,39)(H,36,38)/t25-,26-,27-,28-/m0/s1. The molecule has 0 heterocycles. The van der Waals surface area contributed by atoms with Gasteiger partial charge in [0.2, 0.25) is 11.8 Å². The summed E-state index contributed by atoms with van der Waals surface area (Å²) in [6, 6.07) is 5.56. The van der Waals surface area contributed by atoms with Gasteiger partial charge in [-0.15, -0.1) is 0 Å². The van der Waals surface area contributed by atoms with E-state index in [1.54, 1.807) is 14.2 Å². The van der Waals surface area contributed by atoms with E-state index in [2.05, 4.69) is 30.5 Å². The first-order chi connectivity index (χ1) is 20.0. The number of methoxy groups -OCH3 is 2. The molecule has 4 atom stereocenters. The zero-order chi connectivity index (χ0) is 30.9. The lowest BCUT2D eigenvalue weighted by Crippen LogP contribution is -2.49. The third kappa shape index (κ3) is 10.4. The van der Waals surface area contributed by atoms with Crippen LogP contribution in [0, 0.1) is 29.6 Å². The fraction of sp³-hybridized carbons (Fsp3) is 0.758. The van der Waals surface area contributed by atoms with Gasteiger partial charge in [-0.1, -0.05) is 33.8 Å². The highest BCUT2D eigenvalue weighted by molar-refractivity contribution is 5.82. The van der Waals surface area contributed by atoms with Crippen molar-refractivity contribution in [1.29, 1.82) is 0 Å². The van der Waals surface area contributed by atoms with Crippen molar-refractivity contribution in [3.63, 3.8) is 0 Å². The minimum atomic E-state index is -0.801. The van der Waals surface area contributed by atoms with Gasteiger partial charge >= 0.3 is 0 Å². The summed E-state index contributed by atoms with van der Waals surface area (Å²) in [6.45, 7) is 9.96. The fourth-order valence-corrected chi connectivity index (χ4v) is 5.46. The lowest BCUT2D eigenvalue weighted by atomic mass is 9.81. The number of rotatable bonds is 20. The van der Waals surface area contributed by atoms with Crippen LogP contribution >= 0.6 is 0 Å². The summed E-state index contributed by atoms with van der Waals surface area (Å²) in [6.07, 6.45) is 5.42. The van der Waals surface area contributed by atoms with Gasteiger partial charge in [0.1, 0.15) is 0 Å². The molecule has 0 radical (unpaired) electrons. The normalized spacial score (nSPS) is 18.7. The van der Waals surface area contributed by atoms with Crippen molar-refractivity contribution < 1.29 is 28.9 Å². The number of carbonyl (C=O) groups is 2. The number of hydrogen-bond acceptors (Lipinski definition) is 7. The van der Waals surface area contributed by atoms with Crippen molar-refractivity contribution in [2.45, 2.75) is 96.7 Å². The van der Waals surface area contributed by atoms with E-state index in [-0.39, 0.29) is 41.0 Å². The molecular formula is C33H55N3O6. The SMILES string of the molecule is COCCCOc1cc(C[C@@H](C[C@H](N)[C@@H](O)C[C@H](C(=O)NCC2(NC(=O)C3CC3)CC2)C(C)C)C(C)C)ccc1OC. The van der Waals surface area contributed by atoms with Gasteiger partial charge in [0.15, 0.2) is 11.5 Å². The molecule has 0 unspecified atom stereocenters. The molecule has 2 aliphatic carbocycles. The van der Waals surface area contributed by atoms with Crippen LogP contribution < -0.4 is 25.8 Å². The van der Waals surface area contributed by atoms with E-state index in [0.717, 1.165) is 44.1 Å². The monoisotopic (exact) mass is 589 g/mol. The predicted molar refractivity (Wildman–Crippen MR) is 164 cm³/mol. The van der Waals surface area contributed by atoms with Gasteiger partial charge in [-0.05, 0) is 80.4 Å². The highest BCUT2D eigenvalue weighted by Crippen LogP contribution is 2.38.